The van der Waals surface area contributed by atoms with Crippen molar-refractivity contribution in [1.29, 1.82) is 0 Å². The molecule has 1 saturated carbocycles. The SMILES string of the molecule is CNC(CCCC(CO)N(CC(C)C)S(=O)c1ccc(CO)cc1)C1CC1. The Morgan fingerprint density at radius 3 is 2.33 bits per heavy atom. The van der Waals surface area contributed by atoms with Gasteiger partial charge in [0.15, 0.2) is 0 Å². The van der Waals surface area contributed by atoms with Crippen molar-refractivity contribution < 1.29 is 14.4 Å². The third-order valence-electron chi connectivity index (χ3n) is 5.30. The molecule has 0 spiro atoms. The highest BCUT2D eigenvalue weighted by Gasteiger charge is 2.30. The first-order valence-electron chi connectivity index (χ1n) is 10.2. The van der Waals surface area contributed by atoms with Gasteiger partial charge in [0.25, 0.3) is 0 Å². The first-order valence-corrected chi connectivity index (χ1v) is 11.3. The topological polar surface area (TPSA) is 72.8 Å². The minimum atomic E-state index is -1.32. The minimum Gasteiger partial charge on any atom is -0.395 e. The van der Waals surface area contributed by atoms with E-state index in [1.54, 1.807) is 0 Å². The molecule has 0 bridgehead atoms. The number of benzene rings is 1. The average Bonchev–Trinajstić information content (AvgIpc) is 3.51. The smallest absolute Gasteiger partial charge is 0.127 e. The Balaban J connectivity index is 2.02. The number of nitrogens with zero attached hydrogens (tertiary/aromatic N) is 1. The molecule has 1 aromatic carbocycles. The molecule has 3 unspecified atom stereocenters. The van der Waals surface area contributed by atoms with Gasteiger partial charge in [-0.05, 0) is 62.3 Å². The van der Waals surface area contributed by atoms with Gasteiger partial charge in [-0.3, -0.25) is 0 Å². The van der Waals surface area contributed by atoms with Crippen molar-refractivity contribution in [1.82, 2.24) is 9.62 Å². The summed E-state index contributed by atoms with van der Waals surface area (Å²) >= 11 is 0. The van der Waals surface area contributed by atoms with Gasteiger partial charge >= 0.3 is 0 Å². The second-order valence-corrected chi connectivity index (χ2v) is 9.48. The zero-order valence-electron chi connectivity index (χ0n) is 16.9. The van der Waals surface area contributed by atoms with Gasteiger partial charge in [0.1, 0.15) is 11.0 Å². The number of hydrogen-bond donors (Lipinski definition) is 3. The normalized spacial score (nSPS) is 18.0. The molecule has 0 heterocycles. The van der Waals surface area contributed by atoms with Crippen LogP contribution in [0.15, 0.2) is 29.2 Å². The molecule has 3 N–H and O–H groups in total. The van der Waals surface area contributed by atoms with Gasteiger partial charge in [-0.15, -0.1) is 0 Å². The molecule has 0 amide bonds. The van der Waals surface area contributed by atoms with Crippen LogP contribution in [0.25, 0.3) is 0 Å². The van der Waals surface area contributed by atoms with Crippen LogP contribution in [0.1, 0.15) is 51.5 Å². The number of hydrogen-bond acceptors (Lipinski definition) is 4. The highest BCUT2D eigenvalue weighted by molar-refractivity contribution is 7.82. The lowest BCUT2D eigenvalue weighted by atomic mass is 10.0. The monoisotopic (exact) mass is 396 g/mol. The van der Waals surface area contributed by atoms with Gasteiger partial charge in [0, 0.05) is 18.6 Å². The van der Waals surface area contributed by atoms with E-state index in [0.717, 1.165) is 35.6 Å². The highest BCUT2D eigenvalue weighted by Crippen LogP contribution is 2.34. The van der Waals surface area contributed by atoms with E-state index in [0.29, 0.717) is 18.5 Å². The summed E-state index contributed by atoms with van der Waals surface area (Å²) in [5.74, 6) is 1.17. The Bertz CT molecular complexity index is 575. The molecular formula is C21H36N2O3S. The summed E-state index contributed by atoms with van der Waals surface area (Å²) in [6.07, 6.45) is 5.60. The van der Waals surface area contributed by atoms with Crippen molar-refractivity contribution in [3.63, 3.8) is 0 Å². The second kappa shape index (κ2) is 11.3. The maximum Gasteiger partial charge on any atom is 0.127 e. The van der Waals surface area contributed by atoms with Crippen LogP contribution < -0.4 is 5.32 Å². The molecule has 0 radical (unpaired) electrons. The third kappa shape index (κ3) is 6.95. The maximum atomic E-state index is 13.2. The molecule has 1 aliphatic carbocycles. The molecule has 0 aliphatic heterocycles. The van der Waals surface area contributed by atoms with E-state index in [1.807, 2.05) is 35.6 Å². The first kappa shape index (κ1) is 22.5. The quantitative estimate of drug-likeness (QED) is 0.479. The van der Waals surface area contributed by atoms with E-state index in [-0.39, 0.29) is 19.3 Å². The molecule has 0 aromatic heterocycles. The Morgan fingerprint density at radius 1 is 1.19 bits per heavy atom. The molecular weight excluding hydrogens is 360 g/mol. The third-order valence-corrected chi connectivity index (χ3v) is 6.85. The van der Waals surface area contributed by atoms with Gasteiger partial charge in [0.05, 0.1) is 18.1 Å². The van der Waals surface area contributed by atoms with Gasteiger partial charge in [-0.25, -0.2) is 8.51 Å². The molecule has 5 nitrogen and oxygen atoms in total. The second-order valence-electron chi connectivity index (χ2n) is 8.04. The molecule has 2 rings (SSSR count). The zero-order chi connectivity index (χ0) is 19.8. The van der Waals surface area contributed by atoms with Crippen molar-refractivity contribution in [3.05, 3.63) is 29.8 Å². The predicted octanol–water partition coefficient (Wildman–Crippen LogP) is 2.69. The first-order chi connectivity index (χ1) is 13.0. The molecule has 1 fully saturated rings. The summed E-state index contributed by atoms with van der Waals surface area (Å²) in [6, 6.07) is 7.70. The van der Waals surface area contributed by atoms with E-state index >= 15 is 0 Å². The van der Waals surface area contributed by atoms with E-state index in [1.165, 1.54) is 12.8 Å². The molecule has 1 aliphatic rings. The van der Waals surface area contributed by atoms with Crippen LogP contribution in [0, 0.1) is 11.8 Å². The van der Waals surface area contributed by atoms with Crippen LogP contribution in [0.2, 0.25) is 0 Å². The van der Waals surface area contributed by atoms with Crippen LogP contribution in [0.3, 0.4) is 0 Å². The fraction of sp³-hybridized carbons (Fsp3) is 0.714. The fourth-order valence-electron chi connectivity index (χ4n) is 3.57. The molecule has 27 heavy (non-hydrogen) atoms. The van der Waals surface area contributed by atoms with E-state index in [2.05, 4.69) is 19.2 Å². The molecule has 3 atom stereocenters. The Kier molecular flexibility index (Phi) is 9.39. The van der Waals surface area contributed by atoms with Crippen molar-refractivity contribution in [2.24, 2.45) is 11.8 Å². The van der Waals surface area contributed by atoms with Crippen LogP contribution in [-0.4, -0.2) is 51.0 Å². The van der Waals surface area contributed by atoms with E-state index in [4.69, 9.17) is 0 Å². The van der Waals surface area contributed by atoms with Crippen molar-refractivity contribution in [2.75, 3.05) is 20.2 Å². The van der Waals surface area contributed by atoms with E-state index < -0.39 is 11.0 Å². The van der Waals surface area contributed by atoms with Crippen LogP contribution in [-0.2, 0) is 17.6 Å². The zero-order valence-corrected chi connectivity index (χ0v) is 17.8. The lowest BCUT2D eigenvalue weighted by Gasteiger charge is -2.31. The number of aliphatic hydroxyl groups is 2. The lowest BCUT2D eigenvalue weighted by Crippen LogP contribution is -2.41. The van der Waals surface area contributed by atoms with Crippen LogP contribution in [0.4, 0.5) is 0 Å². The molecule has 6 heteroatoms. The summed E-state index contributed by atoms with van der Waals surface area (Å²) < 4.78 is 15.2. The van der Waals surface area contributed by atoms with Crippen molar-refractivity contribution in [2.45, 2.75) is 69.5 Å². The minimum absolute atomic E-state index is 0.0147. The summed E-state index contributed by atoms with van der Waals surface area (Å²) in [5, 5.41) is 22.6. The average molecular weight is 397 g/mol. The number of aliphatic hydroxyl groups excluding tert-OH is 2. The van der Waals surface area contributed by atoms with Crippen molar-refractivity contribution >= 4 is 11.0 Å². The summed E-state index contributed by atoms with van der Waals surface area (Å²) in [6.45, 7) is 4.89. The van der Waals surface area contributed by atoms with E-state index in [9.17, 15) is 14.4 Å². The highest BCUT2D eigenvalue weighted by atomic mass is 32.2. The fourth-order valence-corrected chi connectivity index (χ4v) is 5.09. The van der Waals surface area contributed by atoms with Gasteiger partial charge < -0.3 is 15.5 Å². The summed E-state index contributed by atoms with van der Waals surface area (Å²) in [4.78, 5) is 0.720. The number of rotatable bonds is 13. The number of nitrogens with one attached hydrogen (secondary N) is 1. The molecule has 0 saturated heterocycles. The van der Waals surface area contributed by atoms with Crippen LogP contribution >= 0.6 is 0 Å². The predicted molar refractivity (Wildman–Crippen MR) is 111 cm³/mol. The van der Waals surface area contributed by atoms with Crippen LogP contribution in [0.5, 0.6) is 0 Å². The van der Waals surface area contributed by atoms with Crippen molar-refractivity contribution in [3.8, 4) is 0 Å². The van der Waals surface area contributed by atoms with Gasteiger partial charge in [0.2, 0.25) is 0 Å². The summed E-state index contributed by atoms with van der Waals surface area (Å²) in [7, 11) is 0.712. The maximum absolute atomic E-state index is 13.2. The summed E-state index contributed by atoms with van der Waals surface area (Å²) in [5.41, 5.74) is 0.808. The lowest BCUT2D eigenvalue weighted by molar-refractivity contribution is 0.171. The molecule has 154 valence electrons. The molecule has 1 aromatic rings. The standard InChI is InChI=1S/C21H36N2O3S/c1-16(2)13-23(27(26)20-11-7-17(14-24)8-12-20)19(15-25)5-4-6-21(22-3)18-9-10-18/h7-8,11-12,16,18-19,21-22,24-25H,4-6,9-10,13-15H2,1-3H3. The largest absolute Gasteiger partial charge is 0.395 e. The van der Waals surface area contributed by atoms with Gasteiger partial charge in [-0.1, -0.05) is 32.4 Å². The van der Waals surface area contributed by atoms with Gasteiger partial charge in [-0.2, -0.15) is 0 Å². The Hall–Kier alpha value is -0.790. The Morgan fingerprint density at radius 2 is 1.85 bits per heavy atom. The Labute approximate surface area is 166 Å².